The highest BCUT2D eigenvalue weighted by molar-refractivity contribution is 5.74. The summed E-state index contributed by atoms with van der Waals surface area (Å²) in [6.07, 6.45) is -2.27. The molecule has 0 rings (SSSR count). The van der Waals surface area contributed by atoms with E-state index in [0.29, 0.717) is 13.2 Å². The lowest BCUT2D eigenvalue weighted by Crippen LogP contribution is -2.22. The Morgan fingerprint density at radius 3 is 1.35 bits per heavy atom. The zero-order valence-corrected chi connectivity index (χ0v) is 11.7. The summed E-state index contributed by atoms with van der Waals surface area (Å²) in [5, 5.41) is 17.7. The number of hydrogen-bond acceptors (Lipinski definition) is 8. The van der Waals surface area contributed by atoms with Gasteiger partial charge in [-0.3, -0.25) is 0 Å². The molecule has 2 N–H and O–H groups in total. The topological polar surface area (TPSA) is 112 Å². The summed E-state index contributed by atoms with van der Waals surface area (Å²) in [6.45, 7) is 3.79. The molecule has 0 heterocycles. The minimum Gasteiger partial charge on any atom is -0.461 e. The van der Waals surface area contributed by atoms with Crippen LogP contribution in [-0.2, 0) is 28.5 Å². The predicted octanol–water partition coefficient (Wildman–Crippen LogP) is -1.13. The van der Waals surface area contributed by atoms with Crippen LogP contribution in [0.25, 0.3) is 0 Å². The SMILES string of the molecule is CC(O)C(=O)OCCOCCOCCOC(=O)C(C)O. The summed E-state index contributed by atoms with van der Waals surface area (Å²) in [5.41, 5.74) is 0. The van der Waals surface area contributed by atoms with E-state index in [-0.39, 0.29) is 26.4 Å². The molecule has 0 saturated carbocycles. The summed E-state index contributed by atoms with van der Waals surface area (Å²) in [6, 6.07) is 0. The van der Waals surface area contributed by atoms with Crippen molar-refractivity contribution in [2.75, 3.05) is 39.6 Å². The monoisotopic (exact) mass is 294 g/mol. The van der Waals surface area contributed by atoms with E-state index in [1.54, 1.807) is 0 Å². The molecule has 0 aromatic rings. The summed E-state index contributed by atoms with van der Waals surface area (Å²) < 4.78 is 19.5. The minimum atomic E-state index is -1.14. The molecule has 8 nitrogen and oxygen atoms in total. The van der Waals surface area contributed by atoms with Gasteiger partial charge >= 0.3 is 11.9 Å². The first kappa shape index (κ1) is 18.8. The first-order valence-electron chi connectivity index (χ1n) is 6.30. The molecule has 118 valence electrons. The second-order valence-electron chi connectivity index (χ2n) is 3.91. The molecule has 0 radical (unpaired) electrons. The lowest BCUT2D eigenvalue weighted by Gasteiger charge is -2.08. The smallest absolute Gasteiger partial charge is 0.334 e. The second kappa shape index (κ2) is 11.6. The Kier molecular flexibility index (Phi) is 10.9. The maximum Gasteiger partial charge on any atom is 0.334 e. The van der Waals surface area contributed by atoms with E-state index < -0.39 is 24.1 Å². The molecule has 0 aliphatic rings. The van der Waals surface area contributed by atoms with Gasteiger partial charge in [0.2, 0.25) is 0 Å². The molecular formula is C12H22O8. The molecule has 0 aliphatic heterocycles. The Morgan fingerprint density at radius 2 is 1.05 bits per heavy atom. The van der Waals surface area contributed by atoms with Crippen LogP contribution in [0.15, 0.2) is 0 Å². The van der Waals surface area contributed by atoms with Crippen molar-refractivity contribution >= 4 is 11.9 Å². The number of carbonyl (C=O) groups excluding carboxylic acids is 2. The third kappa shape index (κ3) is 10.7. The van der Waals surface area contributed by atoms with Gasteiger partial charge in [-0.25, -0.2) is 9.59 Å². The molecule has 20 heavy (non-hydrogen) atoms. The van der Waals surface area contributed by atoms with Crippen LogP contribution in [0.5, 0.6) is 0 Å². The van der Waals surface area contributed by atoms with E-state index in [0.717, 1.165) is 0 Å². The fourth-order valence-electron chi connectivity index (χ4n) is 0.966. The third-order valence-corrected chi connectivity index (χ3v) is 2.00. The number of carbonyl (C=O) groups is 2. The summed E-state index contributed by atoms with van der Waals surface area (Å²) >= 11 is 0. The minimum absolute atomic E-state index is 0.0652. The second-order valence-corrected chi connectivity index (χ2v) is 3.91. The van der Waals surface area contributed by atoms with Gasteiger partial charge in [-0.15, -0.1) is 0 Å². The van der Waals surface area contributed by atoms with Crippen molar-refractivity contribution in [3.63, 3.8) is 0 Å². The number of rotatable bonds is 11. The molecule has 0 spiro atoms. The van der Waals surface area contributed by atoms with Crippen molar-refractivity contribution in [3.05, 3.63) is 0 Å². The number of ether oxygens (including phenoxy) is 4. The van der Waals surface area contributed by atoms with Gasteiger partial charge in [0.15, 0.2) is 0 Å². The number of esters is 2. The van der Waals surface area contributed by atoms with Gasteiger partial charge in [-0.1, -0.05) is 0 Å². The van der Waals surface area contributed by atoms with Gasteiger partial charge in [-0.2, -0.15) is 0 Å². The molecule has 0 fully saturated rings. The van der Waals surface area contributed by atoms with Gasteiger partial charge in [0.1, 0.15) is 25.4 Å². The van der Waals surface area contributed by atoms with Crippen LogP contribution >= 0.6 is 0 Å². The molecule has 2 atom stereocenters. The van der Waals surface area contributed by atoms with Gasteiger partial charge < -0.3 is 29.2 Å². The standard InChI is InChI=1S/C12H22O8/c1-9(13)11(15)19-7-5-17-3-4-18-6-8-20-12(16)10(2)14/h9-10,13-14H,3-8H2,1-2H3. The molecule has 0 bridgehead atoms. The highest BCUT2D eigenvalue weighted by atomic mass is 16.6. The summed E-state index contributed by atoms with van der Waals surface area (Å²) in [4.78, 5) is 21.7. The van der Waals surface area contributed by atoms with Gasteiger partial charge in [0.05, 0.1) is 26.4 Å². The Morgan fingerprint density at radius 1 is 0.750 bits per heavy atom. The van der Waals surface area contributed by atoms with Crippen molar-refractivity contribution in [2.45, 2.75) is 26.1 Å². The Bertz CT molecular complexity index is 249. The van der Waals surface area contributed by atoms with Gasteiger partial charge in [-0.05, 0) is 13.8 Å². The fourth-order valence-corrected chi connectivity index (χ4v) is 0.966. The van der Waals surface area contributed by atoms with Crippen molar-refractivity contribution in [1.82, 2.24) is 0 Å². The van der Waals surface area contributed by atoms with E-state index >= 15 is 0 Å². The van der Waals surface area contributed by atoms with Crippen LogP contribution in [0.3, 0.4) is 0 Å². The summed E-state index contributed by atoms with van der Waals surface area (Å²) in [7, 11) is 0. The first-order valence-corrected chi connectivity index (χ1v) is 6.30. The van der Waals surface area contributed by atoms with E-state index in [2.05, 4.69) is 9.47 Å². The van der Waals surface area contributed by atoms with Crippen LogP contribution in [0.4, 0.5) is 0 Å². The van der Waals surface area contributed by atoms with Crippen molar-refractivity contribution < 1.29 is 38.7 Å². The largest absolute Gasteiger partial charge is 0.461 e. The van der Waals surface area contributed by atoms with E-state index in [4.69, 9.17) is 19.7 Å². The average Bonchev–Trinajstić information content (AvgIpc) is 2.39. The maximum atomic E-state index is 10.8. The highest BCUT2D eigenvalue weighted by Crippen LogP contribution is 1.89. The van der Waals surface area contributed by atoms with Crippen molar-refractivity contribution in [1.29, 1.82) is 0 Å². The van der Waals surface area contributed by atoms with E-state index in [1.807, 2.05) is 0 Å². The fraction of sp³-hybridized carbons (Fsp3) is 0.833. The quantitative estimate of drug-likeness (QED) is 0.363. The van der Waals surface area contributed by atoms with E-state index in [9.17, 15) is 9.59 Å². The average molecular weight is 294 g/mol. The first-order chi connectivity index (χ1) is 9.45. The maximum absolute atomic E-state index is 10.8. The van der Waals surface area contributed by atoms with Crippen molar-refractivity contribution in [2.24, 2.45) is 0 Å². The van der Waals surface area contributed by atoms with Crippen LogP contribution in [0.2, 0.25) is 0 Å². The number of aliphatic hydroxyl groups is 2. The molecule has 0 aliphatic carbocycles. The molecule has 8 heteroatoms. The summed E-state index contributed by atoms with van der Waals surface area (Å²) in [5.74, 6) is -1.38. The van der Waals surface area contributed by atoms with Crippen LogP contribution in [0.1, 0.15) is 13.8 Å². The van der Waals surface area contributed by atoms with Crippen LogP contribution < -0.4 is 0 Å². The molecule has 2 unspecified atom stereocenters. The zero-order chi connectivity index (χ0) is 15.4. The Labute approximate surface area is 117 Å². The molecule has 0 amide bonds. The Hall–Kier alpha value is -1.22. The van der Waals surface area contributed by atoms with Gasteiger partial charge in [0, 0.05) is 0 Å². The third-order valence-electron chi connectivity index (χ3n) is 2.00. The van der Waals surface area contributed by atoms with Crippen LogP contribution in [0, 0.1) is 0 Å². The normalized spacial score (nSPS) is 13.6. The Balaban J connectivity index is 3.21. The lowest BCUT2D eigenvalue weighted by atomic mass is 10.4. The van der Waals surface area contributed by atoms with Gasteiger partial charge in [0.25, 0.3) is 0 Å². The van der Waals surface area contributed by atoms with Crippen LogP contribution in [-0.4, -0.2) is 74.0 Å². The highest BCUT2D eigenvalue weighted by Gasteiger charge is 2.09. The molecular weight excluding hydrogens is 272 g/mol. The predicted molar refractivity (Wildman–Crippen MR) is 66.9 cm³/mol. The molecule has 0 aromatic heterocycles. The molecule has 0 saturated heterocycles. The van der Waals surface area contributed by atoms with Crippen molar-refractivity contribution in [3.8, 4) is 0 Å². The zero-order valence-electron chi connectivity index (χ0n) is 11.7. The van der Waals surface area contributed by atoms with E-state index in [1.165, 1.54) is 13.8 Å². The number of hydrogen-bond donors (Lipinski definition) is 2. The lowest BCUT2D eigenvalue weighted by molar-refractivity contribution is -0.155. The molecule has 0 aromatic carbocycles. The number of aliphatic hydroxyl groups excluding tert-OH is 2.